The lowest BCUT2D eigenvalue weighted by molar-refractivity contribution is 0.170. The molecule has 0 aliphatic carbocycles. The van der Waals surface area contributed by atoms with Gasteiger partial charge in [0.1, 0.15) is 0 Å². The maximum atomic E-state index is 8.65. The molecular weight excluding hydrogens is 116 g/mol. The summed E-state index contributed by atoms with van der Waals surface area (Å²) < 4.78 is 5.21. The molecule has 1 aliphatic rings. The van der Waals surface area contributed by atoms with E-state index in [-0.39, 0.29) is 12.5 Å². The third-order valence-electron chi connectivity index (χ3n) is 1.49. The lowest BCUT2D eigenvalue weighted by Crippen LogP contribution is -2.03. The van der Waals surface area contributed by atoms with Crippen LogP contribution in [0.3, 0.4) is 0 Å². The molecule has 0 saturated heterocycles. The van der Waals surface area contributed by atoms with Gasteiger partial charge in [-0.1, -0.05) is 6.92 Å². The molecule has 2 nitrogen and oxygen atoms in total. The zero-order chi connectivity index (χ0) is 6.69. The van der Waals surface area contributed by atoms with Crippen LogP contribution in [0.1, 0.15) is 13.3 Å². The van der Waals surface area contributed by atoms with Gasteiger partial charge in [0.25, 0.3) is 0 Å². The van der Waals surface area contributed by atoms with Crippen molar-refractivity contribution >= 4 is 0 Å². The van der Waals surface area contributed by atoms with Crippen LogP contribution in [0.15, 0.2) is 11.8 Å². The SMILES string of the molecule is CCC1=CC(CO)CO1. The first-order valence-electron chi connectivity index (χ1n) is 3.31. The molecule has 0 spiro atoms. The van der Waals surface area contributed by atoms with Gasteiger partial charge in [-0.25, -0.2) is 0 Å². The monoisotopic (exact) mass is 128 g/mol. The lowest BCUT2D eigenvalue weighted by Gasteiger charge is -1.98. The first-order valence-corrected chi connectivity index (χ1v) is 3.31. The van der Waals surface area contributed by atoms with Crippen LogP contribution in [-0.4, -0.2) is 18.3 Å². The highest BCUT2D eigenvalue weighted by atomic mass is 16.5. The molecular formula is C7H12O2. The van der Waals surface area contributed by atoms with Crippen molar-refractivity contribution in [2.45, 2.75) is 13.3 Å². The van der Waals surface area contributed by atoms with Gasteiger partial charge in [0.05, 0.1) is 19.0 Å². The van der Waals surface area contributed by atoms with Gasteiger partial charge in [-0.15, -0.1) is 0 Å². The van der Waals surface area contributed by atoms with Gasteiger partial charge in [0.15, 0.2) is 0 Å². The Labute approximate surface area is 55.1 Å². The molecule has 0 bridgehead atoms. The quantitative estimate of drug-likeness (QED) is 0.599. The van der Waals surface area contributed by atoms with E-state index in [1.807, 2.05) is 13.0 Å². The van der Waals surface area contributed by atoms with E-state index in [0.717, 1.165) is 12.2 Å². The summed E-state index contributed by atoms with van der Waals surface area (Å²) >= 11 is 0. The van der Waals surface area contributed by atoms with Crippen LogP contribution in [0.2, 0.25) is 0 Å². The minimum atomic E-state index is 0.212. The molecule has 0 aromatic carbocycles. The van der Waals surface area contributed by atoms with Crippen LogP contribution >= 0.6 is 0 Å². The van der Waals surface area contributed by atoms with E-state index in [1.54, 1.807) is 0 Å². The molecule has 52 valence electrons. The molecule has 2 heteroatoms. The van der Waals surface area contributed by atoms with Gasteiger partial charge >= 0.3 is 0 Å². The third-order valence-corrected chi connectivity index (χ3v) is 1.49. The van der Waals surface area contributed by atoms with E-state index in [0.29, 0.717) is 6.61 Å². The molecule has 0 amide bonds. The fourth-order valence-electron chi connectivity index (χ4n) is 0.899. The molecule has 0 saturated carbocycles. The summed E-state index contributed by atoms with van der Waals surface area (Å²) in [4.78, 5) is 0. The Hall–Kier alpha value is -0.500. The van der Waals surface area contributed by atoms with Crippen molar-refractivity contribution in [1.29, 1.82) is 0 Å². The van der Waals surface area contributed by atoms with Crippen molar-refractivity contribution in [1.82, 2.24) is 0 Å². The Morgan fingerprint density at radius 1 is 1.89 bits per heavy atom. The molecule has 1 rings (SSSR count). The highest BCUT2D eigenvalue weighted by Gasteiger charge is 2.13. The average Bonchev–Trinajstić information content (AvgIpc) is 2.34. The molecule has 9 heavy (non-hydrogen) atoms. The number of hydrogen-bond donors (Lipinski definition) is 1. The topological polar surface area (TPSA) is 29.5 Å². The first-order chi connectivity index (χ1) is 4.36. The number of aliphatic hydroxyl groups is 1. The molecule has 1 atom stereocenters. The van der Waals surface area contributed by atoms with Crippen molar-refractivity contribution in [2.75, 3.05) is 13.2 Å². The Kier molecular flexibility index (Phi) is 2.11. The third kappa shape index (κ3) is 1.45. The van der Waals surface area contributed by atoms with Crippen molar-refractivity contribution in [2.24, 2.45) is 5.92 Å². The van der Waals surface area contributed by atoms with E-state index in [1.165, 1.54) is 0 Å². The summed E-state index contributed by atoms with van der Waals surface area (Å²) in [5, 5.41) is 8.65. The highest BCUT2D eigenvalue weighted by molar-refractivity contribution is 5.01. The summed E-state index contributed by atoms with van der Waals surface area (Å²) in [5.41, 5.74) is 0. The van der Waals surface area contributed by atoms with E-state index in [9.17, 15) is 0 Å². The Morgan fingerprint density at radius 2 is 2.67 bits per heavy atom. The molecule has 0 aromatic heterocycles. The Morgan fingerprint density at radius 3 is 3.00 bits per heavy atom. The van der Waals surface area contributed by atoms with Gasteiger partial charge in [-0.2, -0.15) is 0 Å². The molecule has 1 N–H and O–H groups in total. The second-order valence-corrected chi connectivity index (χ2v) is 2.24. The molecule has 1 unspecified atom stereocenters. The maximum Gasteiger partial charge on any atom is 0.0963 e. The normalized spacial score (nSPS) is 25.6. The van der Waals surface area contributed by atoms with Crippen molar-refractivity contribution in [3.8, 4) is 0 Å². The highest BCUT2D eigenvalue weighted by Crippen LogP contribution is 2.17. The number of ether oxygens (including phenoxy) is 1. The predicted octanol–water partition coefficient (Wildman–Crippen LogP) is 0.919. The van der Waals surface area contributed by atoms with Crippen molar-refractivity contribution in [3.63, 3.8) is 0 Å². The average molecular weight is 128 g/mol. The van der Waals surface area contributed by atoms with E-state index < -0.39 is 0 Å². The maximum absolute atomic E-state index is 8.65. The van der Waals surface area contributed by atoms with Crippen molar-refractivity contribution in [3.05, 3.63) is 11.8 Å². The number of allylic oxidation sites excluding steroid dienone is 1. The summed E-state index contributed by atoms with van der Waals surface area (Å²) in [7, 11) is 0. The van der Waals surface area contributed by atoms with Crippen molar-refractivity contribution < 1.29 is 9.84 Å². The summed E-state index contributed by atoms with van der Waals surface area (Å²) in [6.07, 6.45) is 2.94. The number of aliphatic hydroxyl groups excluding tert-OH is 1. The molecule has 0 aromatic rings. The predicted molar refractivity (Wildman–Crippen MR) is 34.9 cm³/mol. The Balaban J connectivity index is 2.40. The molecule has 0 radical (unpaired) electrons. The van der Waals surface area contributed by atoms with Crippen LogP contribution < -0.4 is 0 Å². The van der Waals surface area contributed by atoms with Gasteiger partial charge in [-0.3, -0.25) is 0 Å². The molecule has 0 fully saturated rings. The summed E-state index contributed by atoms with van der Waals surface area (Å²) in [6, 6.07) is 0. The zero-order valence-corrected chi connectivity index (χ0v) is 5.63. The fourth-order valence-corrected chi connectivity index (χ4v) is 0.899. The molecule has 1 aliphatic heterocycles. The van der Waals surface area contributed by atoms with Gasteiger partial charge in [0, 0.05) is 12.3 Å². The van der Waals surface area contributed by atoms with Crippen LogP contribution in [0.5, 0.6) is 0 Å². The van der Waals surface area contributed by atoms with Crippen LogP contribution in [0.25, 0.3) is 0 Å². The van der Waals surface area contributed by atoms with E-state index in [2.05, 4.69) is 0 Å². The summed E-state index contributed by atoms with van der Waals surface area (Å²) in [6.45, 7) is 2.93. The smallest absolute Gasteiger partial charge is 0.0963 e. The first kappa shape index (κ1) is 6.62. The standard InChI is InChI=1S/C7H12O2/c1-2-7-3-6(4-8)5-9-7/h3,6,8H,2,4-5H2,1H3. The second kappa shape index (κ2) is 2.87. The van der Waals surface area contributed by atoms with Gasteiger partial charge < -0.3 is 9.84 Å². The largest absolute Gasteiger partial charge is 0.498 e. The van der Waals surface area contributed by atoms with Crippen LogP contribution in [0.4, 0.5) is 0 Å². The molecule has 1 heterocycles. The number of hydrogen-bond acceptors (Lipinski definition) is 2. The minimum Gasteiger partial charge on any atom is -0.498 e. The zero-order valence-electron chi connectivity index (χ0n) is 5.63. The summed E-state index contributed by atoms with van der Waals surface area (Å²) in [5.74, 6) is 1.27. The van der Waals surface area contributed by atoms with E-state index >= 15 is 0 Å². The second-order valence-electron chi connectivity index (χ2n) is 2.24. The minimum absolute atomic E-state index is 0.212. The number of rotatable bonds is 2. The van der Waals surface area contributed by atoms with Gasteiger partial charge in [0.2, 0.25) is 0 Å². The van der Waals surface area contributed by atoms with Gasteiger partial charge in [-0.05, 0) is 6.08 Å². The fraction of sp³-hybridized carbons (Fsp3) is 0.714. The van der Waals surface area contributed by atoms with Crippen LogP contribution in [-0.2, 0) is 4.74 Å². The van der Waals surface area contributed by atoms with E-state index in [4.69, 9.17) is 9.84 Å². The lowest BCUT2D eigenvalue weighted by atomic mass is 10.2. The Bertz CT molecular complexity index is 118. The van der Waals surface area contributed by atoms with Crippen LogP contribution in [0, 0.1) is 5.92 Å².